The van der Waals surface area contributed by atoms with Crippen molar-refractivity contribution in [2.45, 2.75) is 32.3 Å². The maximum absolute atomic E-state index is 10.9. The molecule has 1 aromatic rings. The predicted molar refractivity (Wildman–Crippen MR) is 72.7 cm³/mol. The zero-order chi connectivity index (χ0) is 14.5. The fourth-order valence-electron chi connectivity index (χ4n) is 1.56. The molecule has 1 rings (SSSR count). The van der Waals surface area contributed by atoms with E-state index in [0.29, 0.717) is 18.7 Å². The Hall–Kier alpha value is -1.93. The quantitative estimate of drug-likeness (QED) is 0.333. The monoisotopic (exact) mass is 269 g/mol. The highest BCUT2D eigenvalue weighted by molar-refractivity contribution is 5.60. The number of nitrogens with two attached hydrogens (primary N) is 1. The molecule has 0 saturated heterocycles. The predicted octanol–water partition coefficient (Wildman–Crippen LogP) is 1.24. The Balaban J connectivity index is 2.95. The van der Waals surface area contributed by atoms with Gasteiger partial charge in [0.2, 0.25) is 5.82 Å². The van der Waals surface area contributed by atoms with Gasteiger partial charge in [-0.2, -0.15) is 0 Å². The van der Waals surface area contributed by atoms with Gasteiger partial charge in [0.15, 0.2) is 0 Å². The number of nitrogens with one attached hydrogen (secondary N) is 2. The number of aliphatic hydroxyl groups is 1. The molecule has 0 spiro atoms. The van der Waals surface area contributed by atoms with Gasteiger partial charge in [-0.1, -0.05) is 13.8 Å². The molecule has 8 nitrogen and oxygen atoms in total. The largest absolute Gasteiger partial charge is 0.388 e. The number of rotatable bonds is 7. The number of nitrogen functional groups attached to an aromatic ring is 1. The second kappa shape index (κ2) is 6.30. The lowest BCUT2D eigenvalue weighted by atomic mass is 9.98. The van der Waals surface area contributed by atoms with Crippen LogP contribution in [-0.2, 0) is 0 Å². The summed E-state index contributed by atoms with van der Waals surface area (Å²) in [4.78, 5) is 14.3. The van der Waals surface area contributed by atoms with Crippen molar-refractivity contribution < 1.29 is 10.0 Å². The maximum atomic E-state index is 10.9. The molecule has 0 aliphatic rings. The van der Waals surface area contributed by atoms with E-state index < -0.39 is 10.5 Å². The summed E-state index contributed by atoms with van der Waals surface area (Å²) in [6.45, 7) is 3.89. The summed E-state index contributed by atoms with van der Waals surface area (Å²) in [5.41, 5.74) is 1.25. The summed E-state index contributed by atoms with van der Waals surface area (Å²) in [6.07, 6.45) is 1.08. The zero-order valence-electron chi connectivity index (χ0n) is 11.0. The zero-order valence-corrected chi connectivity index (χ0v) is 11.0. The maximum Gasteiger partial charge on any atom is 0.311 e. The van der Waals surface area contributed by atoms with E-state index in [4.69, 9.17) is 5.84 Å². The molecule has 0 radical (unpaired) electrons. The minimum atomic E-state index is -0.915. The van der Waals surface area contributed by atoms with Gasteiger partial charge in [0.1, 0.15) is 5.82 Å². The Morgan fingerprint density at radius 1 is 1.47 bits per heavy atom. The van der Waals surface area contributed by atoms with E-state index in [-0.39, 0.29) is 18.1 Å². The van der Waals surface area contributed by atoms with Gasteiger partial charge < -0.3 is 15.8 Å². The first kappa shape index (κ1) is 15.1. The summed E-state index contributed by atoms with van der Waals surface area (Å²) in [6, 6.07) is 2.72. The minimum Gasteiger partial charge on any atom is -0.388 e. The van der Waals surface area contributed by atoms with E-state index in [1.165, 1.54) is 12.1 Å². The molecule has 0 aromatic carbocycles. The molecule has 0 aliphatic heterocycles. The highest BCUT2D eigenvalue weighted by Crippen LogP contribution is 2.25. The van der Waals surface area contributed by atoms with Crippen LogP contribution in [0.5, 0.6) is 0 Å². The van der Waals surface area contributed by atoms with Crippen LogP contribution in [0.2, 0.25) is 0 Å². The minimum absolute atomic E-state index is 0.0841. The van der Waals surface area contributed by atoms with Crippen LogP contribution < -0.4 is 16.6 Å². The van der Waals surface area contributed by atoms with E-state index in [2.05, 4.69) is 15.7 Å². The van der Waals surface area contributed by atoms with Gasteiger partial charge >= 0.3 is 5.69 Å². The van der Waals surface area contributed by atoms with Gasteiger partial charge in [0, 0.05) is 12.6 Å². The lowest BCUT2D eigenvalue weighted by Gasteiger charge is -2.25. The van der Waals surface area contributed by atoms with Crippen molar-refractivity contribution in [1.29, 1.82) is 0 Å². The summed E-state index contributed by atoms with van der Waals surface area (Å²) in [7, 11) is 0. The Morgan fingerprint density at radius 3 is 2.58 bits per heavy atom. The second-order valence-electron chi connectivity index (χ2n) is 4.25. The van der Waals surface area contributed by atoms with Gasteiger partial charge in [0.05, 0.1) is 10.5 Å². The molecule has 0 saturated carbocycles. The normalized spacial score (nSPS) is 11.2. The number of hydrazine groups is 1. The average Bonchev–Trinajstić information content (AvgIpc) is 2.44. The molecule has 1 aromatic heterocycles. The van der Waals surface area contributed by atoms with Crippen molar-refractivity contribution in [2.24, 2.45) is 5.84 Å². The Bertz CT molecular complexity index is 448. The van der Waals surface area contributed by atoms with E-state index in [1.54, 1.807) is 0 Å². The van der Waals surface area contributed by atoms with Gasteiger partial charge in [-0.3, -0.25) is 10.1 Å². The van der Waals surface area contributed by atoms with Crippen LogP contribution >= 0.6 is 0 Å². The third-order valence-electron chi connectivity index (χ3n) is 3.12. The molecule has 1 heterocycles. The highest BCUT2D eigenvalue weighted by Gasteiger charge is 2.24. The summed E-state index contributed by atoms with van der Waals surface area (Å²) in [5, 5.41) is 23.9. The van der Waals surface area contributed by atoms with Crippen LogP contribution in [0.1, 0.15) is 26.7 Å². The third-order valence-corrected chi connectivity index (χ3v) is 3.12. The van der Waals surface area contributed by atoms with Crippen molar-refractivity contribution in [1.82, 2.24) is 4.98 Å². The summed E-state index contributed by atoms with van der Waals surface area (Å²) in [5.74, 6) is 5.61. The number of hydrogen-bond acceptors (Lipinski definition) is 7. The lowest BCUT2D eigenvalue weighted by molar-refractivity contribution is -0.384. The standard InChI is InChI=1S/C11H19N5O3/c1-3-11(17,4-2)7-13-10-8(16(18)19)5-6-9(14-10)15-12/h5-6,17H,3-4,7,12H2,1-2H3,(H2,13,14,15). The smallest absolute Gasteiger partial charge is 0.311 e. The number of nitrogens with zero attached hydrogens (tertiary/aromatic N) is 2. The molecule has 19 heavy (non-hydrogen) atoms. The van der Waals surface area contributed by atoms with Gasteiger partial charge in [-0.25, -0.2) is 10.8 Å². The molecule has 8 heteroatoms. The Morgan fingerprint density at radius 2 is 2.11 bits per heavy atom. The SMILES string of the molecule is CCC(O)(CC)CNc1nc(NN)ccc1[N+](=O)[O-]. The van der Waals surface area contributed by atoms with Crippen molar-refractivity contribution in [3.63, 3.8) is 0 Å². The number of nitro groups is 1. The van der Waals surface area contributed by atoms with Crippen LogP contribution in [0.25, 0.3) is 0 Å². The van der Waals surface area contributed by atoms with E-state index in [9.17, 15) is 15.2 Å². The average molecular weight is 269 g/mol. The summed E-state index contributed by atoms with van der Waals surface area (Å²) < 4.78 is 0. The second-order valence-corrected chi connectivity index (χ2v) is 4.25. The molecule has 0 bridgehead atoms. The van der Waals surface area contributed by atoms with Crippen molar-refractivity contribution in [2.75, 3.05) is 17.3 Å². The fraction of sp³-hybridized carbons (Fsp3) is 0.545. The van der Waals surface area contributed by atoms with Crippen LogP contribution in [0, 0.1) is 10.1 Å². The first-order valence-corrected chi connectivity index (χ1v) is 6.04. The van der Waals surface area contributed by atoms with Crippen molar-refractivity contribution in [3.05, 3.63) is 22.2 Å². The molecule has 106 valence electrons. The molecule has 0 aliphatic carbocycles. The first-order chi connectivity index (χ1) is 8.95. The molecule has 0 fully saturated rings. The Labute approximate surface area is 111 Å². The topological polar surface area (TPSA) is 126 Å². The number of aromatic nitrogens is 1. The van der Waals surface area contributed by atoms with E-state index in [0.717, 1.165) is 0 Å². The van der Waals surface area contributed by atoms with Crippen molar-refractivity contribution in [3.8, 4) is 0 Å². The molecule has 5 N–H and O–H groups in total. The van der Waals surface area contributed by atoms with Gasteiger partial charge in [0.25, 0.3) is 0 Å². The van der Waals surface area contributed by atoms with Gasteiger partial charge in [-0.05, 0) is 18.9 Å². The molecule has 0 amide bonds. The summed E-state index contributed by atoms with van der Waals surface area (Å²) >= 11 is 0. The highest BCUT2D eigenvalue weighted by atomic mass is 16.6. The van der Waals surface area contributed by atoms with Crippen LogP contribution in [-0.4, -0.2) is 27.2 Å². The lowest BCUT2D eigenvalue weighted by Crippen LogP contribution is -2.35. The number of pyridine rings is 1. The molecular formula is C11H19N5O3. The number of hydrogen-bond donors (Lipinski definition) is 4. The van der Waals surface area contributed by atoms with E-state index >= 15 is 0 Å². The van der Waals surface area contributed by atoms with Crippen molar-refractivity contribution >= 4 is 17.3 Å². The Kier molecular flexibility index (Phi) is 5.02. The fourth-order valence-corrected chi connectivity index (χ4v) is 1.56. The van der Waals surface area contributed by atoms with E-state index in [1.807, 2.05) is 13.8 Å². The van der Waals surface area contributed by atoms with Crippen LogP contribution in [0.15, 0.2) is 12.1 Å². The third kappa shape index (κ3) is 3.76. The molecule has 0 unspecified atom stereocenters. The van der Waals surface area contributed by atoms with Gasteiger partial charge in [-0.15, -0.1) is 0 Å². The molecule has 0 atom stereocenters. The number of anilines is 2. The first-order valence-electron chi connectivity index (χ1n) is 6.04. The van der Waals surface area contributed by atoms with Crippen LogP contribution in [0.3, 0.4) is 0 Å². The molecular weight excluding hydrogens is 250 g/mol. The van der Waals surface area contributed by atoms with Crippen LogP contribution in [0.4, 0.5) is 17.3 Å².